The minimum Gasteiger partial charge on any atom is -0.441 e. The zero-order chi connectivity index (χ0) is 33.7. The van der Waals surface area contributed by atoms with E-state index in [-0.39, 0.29) is 41.6 Å². The van der Waals surface area contributed by atoms with Crippen LogP contribution < -0.4 is 5.32 Å². The van der Waals surface area contributed by atoms with Gasteiger partial charge >= 0.3 is 6.09 Å². The molecule has 48 heavy (non-hydrogen) atoms. The zero-order valence-electron chi connectivity index (χ0n) is 29.3. The second-order valence-corrected chi connectivity index (χ2v) is 15.0. The maximum Gasteiger partial charge on any atom is 0.410 e. The molecule has 0 aromatic heterocycles. The Balaban J connectivity index is 0.932. The highest BCUT2D eigenvalue weighted by Crippen LogP contribution is 2.46. The van der Waals surface area contributed by atoms with Gasteiger partial charge in [-0.2, -0.15) is 0 Å². The van der Waals surface area contributed by atoms with Crippen molar-refractivity contribution in [3.8, 4) is 0 Å². The van der Waals surface area contributed by atoms with Crippen LogP contribution in [-0.4, -0.2) is 103 Å². The molecule has 1 N–H and O–H groups in total. The van der Waals surface area contributed by atoms with Gasteiger partial charge in [-0.15, -0.1) is 0 Å². The summed E-state index contributed by atoms with van der Waals surface area (Å²) in [6.45, 7) is 12.8. The second kappa shape index (κ2) is 15.4. The molecule has 6 rings (SSSR count). The number of amides is 2. The number of nitrogens with zero attached hydrogens (tertiary/aromatic N) is 2. The van der Waals surface area contributed by atoms with Crippen molar-refractivity contribution in [3.05, 3.63) is 59.2 Å². The molecule has 4 aliphatic heterocycles. The number of nitrogens with one attached hydrogen (secondary N) is 1. The lowest BCUT2D eigenvalue weighted by Crippen LogP contribution is -2.52. The predicted octanol–water partition coefficient (Wildman–Crippen LogP) is 5.93. The van der Waals surface area contributed by atoms with Crippen LogP contribution >= 0.6 is 0 Å². The van der Waals surface area contributed by atoms with Gasteiger partial charge in [-0.05, 0) is 46.6 Å². The first-order valence-corrected chi connectivity index (χ1v) is 18.1. The van der Waals surface area contributed by atoms with E-state index in [2.05, 4.69) is 49.2 Å². The van der Waals surface area contributed by atoms with Crippen molar-refractivity contribution in [2.45, 2.75) is 121 Å². The molecule has 5 aliphatic rings. The van der Waals surface area contributed by atoms with Crippen LogP contribution in [0.25, 0.3) is 0 Å². The number of rotatable bonds is 9. The van der Waals surface area contributed by atoms with Crippen molar-refractivity contribution in [2.24, 2.45) is 0 Å². The fraction of sp³-hybridized carbons (Fsp3) is 0.684. The number of hydrogen-bond donors (Lipinski definition) is 1. The normalized spacial score (nSPS) is 30.7. The first-order chi connectivity index (χ1) is 23.1. The Bertz CT molecular complexity index is 1310. The molecule has 1 aromatic rings. The molecule has 4 heterocycles. The van der Waals surface area contributed by atoms with Crippen LogP contribution in [0.15, 0.2) is 48.1 Å². The molecule has 0 bridgehead atoms. The summed E-state index contributed by atoms with van der Waals surface area (Å²) in [6, 6.07) is 7.67. The van der Waals surface area contributed by atoms with E-state index in [4.69, 9.17) is 23.7 Å². The maximum atomic E-state index is 13.4. The van der Waals surface area contributed by atoms with E-state index in [0.29, 0.717) is 49.9 Å². The molecule has 0 radical (unpaired) electrons. The van der Waals surface area contributed by atoms with E-state index < -0.39 is 6.10 Å². The highest BCUT2D eigenvalue weighted by Gasteiger charge is 2.53. The third-order valence-corrected chi connectivity index (χ3v) is 10.4. The third-order valence-electron chi connectivity index (χ3n) is 10.4. The molecule has 1 aliphatic carbocycles. The number of epoxide rings is 1. The maximum absolute atomic E-state index is 13.4. The molecular weight excluding hydrogens is 610 g/mol. The van der Waals surface area contributed by atoms with Crippen molar-refractivity contribution in [3.63, 3.8) is 0 Å². The van der Waals surface area contributed by atoms with Gasteiger partial charge in [0.25, 0.3) is 5.91 Å². The summed E-state index contributed by atoms with van der Waals surface area (Å²) in [5.41, 5.74) is 2.09. The van der Waals surface area contributed by atoms with E-state index in [1.165, 1.54) is 32.1 Å². The van der Waals surface area contributed by atoms with Crippen molar-refractivity contribution in [1.29, 1.82) is 0 Å². The lowest BCUT2D eigenvalue weighted by atomic mass is 9.85. The molecule has 1 spiro atoms. The number of hydrogen-bond acceptors (Lipinski definition) is 8. The van der Waals surface area contributed by atoms with Crippen LogP contribution in [0.5, 0.6) is 0 Å². The molecule has 1 aromatic carbocycles. The molecule has 264 valence electrons. The average Bonchev–Trinajstić information content (AvgIpc) is 3.83. The molecule has 5 fully saturated rings. The Morgan fingerprint density at radius 3 is 2.48 bits per heavy atom. The summed E-state index contributed by atoms with van der Waals surface area (Å²) in [5.74, 6) is -0.238. The van der Waals surface area contributed by atoms with Gasteiger partial charge in [-0.25, -0.2) is 4.79 Å². The van der Waals surface area contributed by atoms with Gasteiger partial charge in [0.15, 0.2) is 6.29 Å². The summed E-state index contributed by atoms with van der Waals surface area (Å²) in [7, 11) is 0. The van der Waals surface area contributed by atoms with Crippen LogP contribution in [0.3, 0.4) is 0 Å². The fourth-order valence-electron chi connectivity index (χ4n) is 7.84. The van der Waals surface area contributed by atoms with Crippen LogP contribution in [0.2, 0.25) is 0 Å². The van der Waals surface area contributed by atoms with Crippen LogP contribution in [0.4, 0.5) is 4.79 Å². The summed E-state index contributed by atoms with van der Waals surface area (Å²) < 4.78 is 29.8. The molecule has 3 atom stereocenters. The van der Waals surface area contributed by atoms with Crippen LogP contribution in [0.1, 0.15) is 101 Å². The number of carbonyl (C=O) groups is 2. The molecular formula is C38H55N3O7. The van der Waals surface area contributed by atoms with Crippen molar-refractivity contribution in [2.75, 3.05) is 46.0 Å². The van der Waals surface area contributed by atoms with E-state index in [0.717, 1.165) is 38.1 Å². The fourth-order valence-corrected chi connectivity index (χ4v) is 7.84. The van der Waals surface area contributed by atoms with E-state index in [9.17, 15) is 9.59 Å². The smallest absolute Gasteiger partial charge is 0.410 e. The number of ether oxygens (including phenoxy) is 5. The molecule has 2 amide bonds. The van der Waals surface area contributed by atoms with Gasteiger partial charge in [-0.1, -0.05) is 61.3 Å². The Labute approximate surface area is 286 Å². The van der Waals surface area contributed by atoms with E-state index in [1.807, 2.05) is 25.1 Å². The lowest BCUT2D eigenvalue weighted by Gasteiger charge is -2.40. The quantitative estimate of drug-likeness (QED) is 0.256. The minimum absolute atomic E-state index is 0.00110. The number of piperazine rings is 1. The predicted molar refractivity (Wildman–Crippen MR) is 183 cm³/mol. The largest absolute Gasteiger partial charge is 0.441 e. The van der Waals surface area contributed by atoms with Crippen molar-refractivity contribution < 1.29 is 33.3 Å². The van der Waals surface area contributed by atoms with Gasteiger partial charge in [0.05, 0.1) is 43.2 Å². The summed E-state index contributed by atoms with van der Waals surface area (Å²) in [5, 5.41) is 3.05. The van der Waals surface area contributed by atoms with Gasteiger partial charge in [0.1, 0.15) is 6.10 Å². The Morgan fingerprint density at radius 2 is 1.77 bits per heavy atom. The first kappa shape index (κ1) is 35.1. The highest BCUT2D eigenvalue weighted by atomic mass is 16.7. The SMILES string of the molecule is CC(C=C[C@@H]1C[C@]2(CO2)CC(C)(C)O1)=CCC1OCC(NC(=O)c2ccccc2[C@H](C)OC(=O)N2CCN(C3CCCCC3)CC2)CO1. The summed E-state index contributed by atoms with van der Waals surface area (Å²) in [4.78, 5) is 30.8. The summed E-state index contributed by atoms with van der Waals surface area (Å²) in [6.07, 6.45) is 14.0. The zero-order valence-corrected chi connectivity index (χ0v) is 29.3. The molecule has 4 saturated heterocycles. The monoisotopic (exact) mass is 665 g/mol. The lowest BCUT2D eigenvalue weighted by molar-refractivity contribution is -0.185. The third kappa shape index (κ3) is 9.27. The minimum atomic E-state index is -0.567. The van der Waals surface area contributed by atoms with Gasteiger partial charge < -0.3 is 33.9 Å². The topological polar surface area (TPSA) is 102 Å². The molecule has 10 nitrogen and oxygen atoms in total. The first-order valence-electron chi connectivity index (χ1n) is 18.1. The van der Waals surface area contributed by atoms with Crippen molar-refractivity contribution in [1.82, 2.24) is 15.1 Å². The number of benzene rings is 1. The van der Waals surface area contributed by atoms with E-state index in [1.54, 1.807) is 11.0 Å². The Kier molecular flexibility index (Phi) is 11.3. The highest BCUT2D eigenvalue weighted by molar-refractivity contribution is 5.96. The number of carbonyl (C=O) groups excluding carboxylic acids is 2. The Morgan fingerprint density at radius 1 is 1.06 bits per heavy atom. The molecule has 1 saturated carbocycles. The van der Waals surface area contributed by atoms with Gasteiger partial charge in [0, 0.05) is 62.6 Å². The molecule has 0 unspecified atom stereocenters. The van der Waals surface area contributed by atoms with Gasteiger partial charge in [0.2, 0.25) is 0 Å². The van der Waals surface area contributed by atoms with Crippen LogP contribution in [0, 0.1) is 0 Å². The Hall–Kier alpha value is -2.76. The number of allylic oxidation sites excluding steroid dienone is 2. The van der Waals surface area contributed by atoms with Crippen LogP contribution in [-0.2, 0) is 23.7 Å². The molecule has 10 heteroatoms. The summed E-state index contributed by atoms with van der Waals surface area (Å²) >= 11 is 0. The van der Waals surface area contributed by atoms with Crippen molar-refractivity contribution >= 4 is 12.0 Å². The average molecular weight is 666 g/mol. The second-order valence-electron chi connectivity index (χ2n) is 15.0. The standard InChI is InChI=1S/C38H55N3O7/c1-27(14-16-31-22-38(26-46-38)25-37(3,4)48-31)15-17-34-44-23-29(24-45-34)39-35(42)33-13-9-8-12-32(33)28(2)47-36(43)41-20-18-40(19-21-41)30-10-6-5-7-11-30/h8-9,12-16,28-31,34H,5-7,10-11,17-26H2,1-4H3,(H,39,42)/t28-,29?,31+,34?,38+/m0/s1. The van der Waals surface area contributed by atoms with Gasteiger partial charge in [-0.3, -0.25) is 9.69 Å². The van der Waals surface area contributed by atoms with E-state index >= 15 is 0 Å².